The number of H-pyrrole nitrogens is 1. The molecule has 0 radical (unpaired) electrons. The van der Waals surface area contributed by atoms with Crippen LogP contribution in [0.3, 0.4) is 0 Å². The van der Waals surface area contributed by atoms with Crippen molar-refractivity contribution >= 4 is 11.3 Å². The summed E-state index contributed by atoms with van der Waals surface area (Å²) in [6, 6.07) is 3.46. The minimum atomic E-state index is -4.69. The first-order chi connectivity index (χ1) is 7.04. The average Bonchev–Trinajstić information content (AvgIpc) is 2.68. The maximum atomic E-state index is 11.8. The van der Waals surface area contributed by atoms with Crippen molar-refractivity contribution in [3.8, 4) is 16.6 Å². The van der Waals surface area contributed by atoms with Gasteiger partial charge in [-0.25, -0.2) is 0 Å². The Balaban J connectivity index is 2.18. The number of halogens is 3. The van der Waals surface area contributed by atoms with E-state index in [1.165, 1.54) is 5.38 Å². The number of hydrogen-bond acceptors (Lipinski definition) is 3. The Hall–Kier alpha value is -1.50. The van der Waals surface area contributed by atoms with Crippen LogP contribution in [0.4, 0.5) is 13.2 Å². The molecule has 0 aliphatic heterocycles. The molecule has 80 valence electrons. The second-order valence-corrected chi connectivity index (χ2v) is 3.48. The third-order valence-electron chi connectivity index (χ3n) is 1.53. The van der Waals surface area contributed by atoms with Crippen LogP contribution in [-0.2, 0) is 0 Å². The predicted octanol–water partition coefficient (Wildman–Crippen LogP) is 3.04. The largest absolute Gasteiger partial charge is 0.574 e. The number of nitrogens with zero attached hydrogens (tertiary/aromatic N) is 1. The molecule has 0 aromatic carbocycles. The molecule has 15 heavy (non-hydrogen) atoms. The summed E-state index contributed by atoms with van der Waals surface area (Å²) in [5.74, 6) is -0.433. The van der Waals surface area contributed by atoms with E-state index in [9.17, 15) is 13.2 Å². The summed E-state index contributed by atoms with van der Waals surface area (Å²) in [6.07, 6.45) is -3.03. The van der Waals surface area contributed by atoms with Gasteiger partial charge in [0, 0.05) is 6.20 Å². The van der Waals surface area contributed by atoms with Gasteiger partial charge in [-0.2, -0.15) is 4.98 Å². The van der Waals surface area contributed by atoms with Crippen molar-refractivity contribution < 1.29 is 17.9 Å². The number of ether oxygens (including phenoxy) is 1. The molecule has 0 spiro atoms. The molecule has 0 fully saturated rings. The molecule has 2 heterocycles. The molecule has 1 N–H and O–H groups in total. The van der Waals surface area contributed by atoms with Gasteiger partial charge < -0.3 is 9.72 Å². The highest BCUT2D eigenvalue weighted by atomic mass is 32.1. The van der Waals surface area contributed by atoms with E-state index in [0.29, 0.717) is 10.7 Å². The van der Waals surface area contributed by atoms with E-state index in [4.69, 9.17) is 0 Å². The van der Waals surface area contributed by atoms with Crippen LogP contribution in [0.2, 0.25) is 0 Å². The molecule has 0 saturated heterocycles. The second-order valence-electron chi connectivity index (χ2n) is 2.62. The highest BCUT2D eigenvalue weighted by Gasteiger charge is 2.32. The van der Waals surface area contributed by atoms with Crippen LogP contribution in [0, 0.1) is 0 Å². The third-order valence-corrected chi connectivity index (χ3v) is 2.39. The monoisotopic (exact) mass is 234 g/mol. The summed E-state index contributed by atoms with van der Waals surface area (Å²) in [5, 5.41) is 1.67. The first kappa shape index (κ1) is 10.0. The molecule has 0 bridgehead atoms. The van der Waals surface area contributed by atoms with Crippen molar-refractivity contribution in [2.75, 3.05) is 0 Å². The topological polar surface area (TPSA) is 37.9 Å². The molecule has 2 aromatic rings. The Morgan fingerprint density at radius 3 is 2.80 bits per heavy atom. The Kier molecular flexibility index (Phi) is 2.39. The van der Waals surface area contributed by atoms with Crippen molar-refractivity contribution in [2.45, 2.75) is 6.36 Å². The molecule has 0 atom stereocenters. The summed E-state index contributed by atoms with van der Waals surface area (Å²) >= 11 is 1.08. The van der Waals surface area contributed by atoms with Crippen molar-refractivity contribution in [3.63, 3.8) is 0 Å². The molecule has 2 rings (SSSR count). The van der Waals surface area contributed by atoms with Gasteiger partial charge in [-0.1, -0.05) is 0 Å². The van der Waals surface area contributed by atoms with Crippen molar-refractivity contribution in [3.05, 3.63) is 23.7 Å². The van der Waals surface area contributed by atoms with Crippen LogP contribution in [0.1, 0.15) is 0 Å². The second kappa shape index (κ2) is 3.58. The van der Waals surface area contributed by atoms with E-state index in [1.54, 1.807) is 18.3 Å². The Morgan fingerprint density at radius 1 is 1.40 bits per heavy atom. The van der Waals surface area contributed by atoms with Gasteiger partial charge in [0.25, 0.3) is 0 Å². The highest BCUT2D eigenvalue weighted by molar-refractivity contribution is 7.13. The highest BCUT2D eigenvalue weighted by Crippen LogP contribution is 2.28. The molecule has 3 nitrogen and oxygen atoms in total. The number of thiazole rings is 1. The minimum Gasteiger partial charge on any atom is -0.387 e. The SMILES string of the molecule is FC(F)(F)Oc1csc(-c2ccc[nH]2)n1. The van der Waals surface area contributed by atoms with Gasteiger partial charge in [0.15, 0.2) is 0 Å². The third kappa shape index (κ3) is 2.50. The van der Waals surface area contributed by atoms with Gasteiger partial charge >= 0.3 is 6.36 Å². The Morgan fingerprint density at radius 2 is 2.20 bits per heavy atom. The van der Waals surface area contributed by atoms with E-state index in [1.807, 2.05) is 0 Å². The summed E-state index contributed by atoms with van der Waals surface area (Å²) in [4.78, 5) is 6.52. The zero-order valence-electron chi connectivity index (χ0n) is 7.21. The van der Waals surface area contributed by atoms with Crippen molar-refractivity contribution in [2.24, 2.45) is 0 Å². The zero-order valence-corrected chi connectivity index (χ0v) is 8.02. The predicted molar refractivity (Wildman–Crippen MR) is 48.6 cm³/mol. The molecule has 0 aliphatic carbocycles. The van der Waals surface area contributed by atoms with Gasteiger partial charge in [-0.3, -0.25) is 0 Å². The lowest BCUT2D eigenvalue weighted by Gasteiger charge is -2.04. The lowest BCUT2D eigenvalue weighted by atomic mass is 10.5. The molecular formula is C8H5F3N2OS. The normalized spacial score (nSPS) is 11.7. The molecule has 0 unspecified atom stereocenters. The van der Waals surface area contributed by atoms with Gasteiger partial charge in [0.05, 0.1) is 11.1 Å². The van der Waals surface area contributed by atoms with E-state index < -0.39 is 12.2 Å². The summed E-state index contributed by atoms with van der Waals surface area (Å²) in [5.41, 5.74) is 0.664. The smallest absolute Gasteiger partial charge is 0.387 e. The lowest BCUT2D eigenvalue weighted by molar-refractivity contribution is -0.275. The van der Waals surface area contributed by atoms with E-state index in [2.05, 4.69) is 14.7 Å². The number of aromatic nitrogens is 2. The number of alkyl halides is 3. The molecule has 0 saturated carbocycles. The molecule has 0 aliphatic rings. The Bertz CT molecular complexity index is 435. The van der Waals surface area contributed by atoms with Crippen LogP contribution >= 0.6 is 11.3 Å². The molecule has 2 aromatic heterocycles. The summed E-state index contributed by atoms with van der Waals surface area (Å²) in [7, 11) is 0. The molecule has 0 amide bonds. The van der Waals surface area contributed by atoms with E-state index in [-0.39, 0.29) is 0 Å². The molecular weight excluding hydrogens is 229 g/mol. The zero-order chi connectivity index (χ0) is 10.9. The maximum Gasteiger partial charge on any atom is 0.574 e. The number of nitrogens with one attached hydrogen (secondary N) is 1. The fourth-order valence-corrected chi connectivity index (χ4v) is 1.72. The van der Waals surface area contributed by atoms with Crippen LogP contribution < -0.4 is 4.74 Å². The van der Waals surface area contributed by atoms with Crippen molar-refractivity contribution in [1.82, 2.24) is 9.97 Å². The van der Waals surface area contributed by atoms with Crippen LogP contribution in [-0.4, -0.2) is 16.3 Å². The average molecular weight is 234 g/mol. The number of rotatable bonds is 2. The van der Waals surface area contributed by atoms with E-state index >= 15 is 0 Å². The van der Waals surface area contributed by atoms with Crippen LogP contribution in [0.25, 0.3) is 10.7 Å². The van der Waals surface area contributed by atoms with Gasteiger partial charge in [-0.15, -0.1) is 24.5 Å². The van der Waals surface area contributed by atoms with Gasteiger partial charge in [-0.05, 0) is 12.1 Å². The fourth-order valence-electron chi connectivity index (χ4n) is 1.01. The summed E-state index contributed by atoms with van der Waals surface area (Å²) in [6.45, 7) is 0. The number of aromatic amines is 1. The maximum absolute atomic E-state index is 11.8. The fraction of sp³-hybridized carbons (Fsp3) is 0.125. The first-order valence-electron chi connectivity index (χ1n) is 3.89. The van der Waals surface area contributed by atoms with Gasteiger partial charge in [0.1, 0.15) is 5.01 Å². The summed E-state index contributed by atoms with van der Waals surface area (Å²) < 4.78 is 39.1. The first-order valence-corrected chi connectivity index (χ1v) is 4.77. The van der Waals surface area contributed by atoms with Crippen molar-refractivity contribution in [1.29, 1.82) is 0 Å². The van der Waals surface area contributed by atoms with Crippen LogP contribution in [0.15, 0.2) is 23.7 Å². The quantitative estimate of drug-likeness (QED) is 0.867. The van der Waals surface area contributed by atoms with E-state index in [0.717, 1.165) is 11.3 Å². The minimum absolute atomic E-state index is 0.433. The molecule has 7 heteroatoms. The van der Waals surface area contributed by atoms with Crippen LogP contribution in [0.5, 0.6) is 5.88 Å². The Labute approximate surface area is 86.5 Å². The van der Waals surface area contributed by atoms with Gasteiger partial charge in [0.2, 0.25) is 5.88 Å². The number of hydrogen-bond donors (Lipinski definition) is 1. The lowest BCUT2D eigenvalue weighted by Crippen LogP contribution is -2.17. The standard InChI is InChI=1S/C8H5F3N2OS/c9-8(10,11)14-6-4-15-7(13-6)5-2-1-3-12-5/h1-4,12H.